The maximum absolute atomic E-state index is 12.2. The van der Waals surface area contributed by atoms with Crippen LogP contribution < -0.4 is 16.0 Å². The summed E-state index contributed by atoms with van der Waals surface area (Å²) in [4.78, 5) is 26.0. The second kappa shape index (κ2) is 9.42. The Morgan fingerprint density at radius 1 is 1.36 bits per heavy atom. The minimum Gasteiger partial charge on any atom is -0.372 e. The van der Waals surface area contributed by atoms with Crippen molar-refractivity contribution in [3.63, 3.8) is 0 Å². The molecular weight excluding hydrogens is 318 g/mol. The lowest BCUT2D eigenvalue weighted by Crippen LogP contribution is -2.38. The van der Waals surface area contributed by atoms with Crippen LogP contribution in [0.1, 0.15) is 56.3 Å². The summed E-state index contributed by atoms with van der Waals surface area (Å²) < 4.78 is 5.37. The summed E-state index contributed by atoms with van der Waals surface area (Å²) in [5, 5.41) is 2.89. The first-order valence-corrected chi connectivity index (χ1v) is 9.11. The molecule has 0 saturated carbocycles. The van der Waals surface area contributed by atoms with Crippen LogP contribution in [0.15, 0.2) is 18.2 Å². The largest absolute Gasteiger partial charge is 0.372 e. The summed E-state index contributed by atoms with van der Waals surface area (Å²) in [6.07, 6.45) is 5.41. The highest BCUT2D eigenvalue weighted by Gasteiger charge is 2.22. The molecule has 2 rings (SSSR count). The molecule has 0 radical (unpaired) electrons. The normalized spacial score (nSPS) is 17.4. The van der Waals surface area contributed by atoms with Crippen molar-refractivity contribution in [3.05, 3.63) is 23.8 Å². The molecule has 0 aromatic heterocycles. The van der Waals surface area contributed by atoms with E-state index in [1.807, 2.05) is 6.07 Å². The molecule has 3 N–H and O–H groups in total. The van der Waals surface area contributed by atoms with Crippen molar-refractivity contribution in [2.45, 2.75) is 52.0 Å². The monoisotopic (exact) mass is 347 g/mol. The van der Waals surface area contributed by atoms with Crippen molar-refractivity contribution < 1.29 is 14.3 Å². The number of nitrogens with two attached hydrogens (primary N) is 1. The van der Waals surface area contributed by atoms with Gasteiger partial charge in [-0.25, -0.2) is 0 Å². The molecule has 0 unspecified atom stereocenters. The van der Waals surface area contributed by atoms with Gasteiger partial charge >= 0.3 is 0 Å². The number of benzene rings is 1. The lowest BCUT2D eigenvalue weighted by atomic mass is 10.0. The third-order valence-electron chi connectivity index (χ3n) is 4.54. The Morgan fingerprint density at radius 2 is 2.16 bits per heavy atom. The third kappa shape index (κ3) is 5.46. The molecule has 0 aliphatic carbocycles. The van der Waals surface area contributed by atoms with E-state index in [2.05, 4.69) is 24.1 Å². The summed E-state index contributed by atoms with van der Waals surface area (Å²) in [5.41, 5.74) is 7.33. The lowest BCUT2D eigenvalue weighted by Gasteiger charge is -2.36. The molecule has 25 heavy (non-hydrogen) atoms. The van der Waals surface area contributed by atoms with Gasteiger partial charge in [-0.2, -0.15) is 0 Å². The van der Waals surface area contributed by atoms with Crippen molar-refractivity contribution in [1.29, 1.82) is 0 Å². The zero-order valence-electron chi connectivity index (χ0n) is 15.2. The van der Waals surface area contributed by atoms with Crippen LogP contribution in [0, 0.1) is 0 Å². The van der Waals surface area contributed by atoms with Gasteiger partial charge in [-0.05, 0) is 50.8 Å². The number of ether oxygens (including phenoxy) is 1. The molecule has 2 amide bonds. The van der Waals surface area contributed by atoms with E-state index in [4.69, 9.17) is 10.5 Å². The third-order valence-corrected chi connectivity index (χ3v) is 4.54. The topological polar surface area (TPSA) is 84.7 Å². The van der Waals surface area contributed by atoms with E-state index in [0.717, 1.165) is 37.9 Å². The highest BCUT2D eigenvalue weighted by molar-refractivity contribution is 5.99. The van der Waals surface area contributed by atoms with Crippen LogP contribution in [0.5, 0.6) is 0 Å². The maximum Gasteiger partial charge on any atom is 0.250 e. The first-order valence-electron chi connectivity index (χ1n) is 9.11. The molecule has 138 valence electrons. The van der Waals surface area contributed by atoms with Gasteiger partial charge in [0.25, 0.3) is 0 Å². The molecule has 1 saturated heterocycles. The molecule has 1 atom stereocenters. The minimum absolute atomic E-state index is 0.00971. The number of anilines is 2. The van der Waals surface area contributed by atoms with Gasteiger partial charge in [0.1, 0.15) is 6.61 Å². The second-order valence-electron chi connectivity index (χ2n) is 6.59. The summed E-state index contributed by atoms with van der Waals surface area (Å²) in [6, 6.07) is 5.63. The van der Waals surface area contributed by atoms with Gasteiger partial charge in [0.15, 0.2) is 0 Å². The summed E-state index contributed by atoms with van der Waals surface area (Å²) in [6.45, 7) is 5.77. The predicted molar refractivity (Wildman–Crippen MR) is 100.0 cm³/mol. The maximum atomic E-state index is 12.2. The van der Waals surface area contributed by atoms with E-state index in [-0.39, 0.29) is 12.5 Å². The molecule has 6 nitrogen and oxygen atoms in total. The number of primary amides is 1. The van der Waals surface area contributed by atoms with E-state index in [1.165, 1.54) is 6.42 Å². The molecule has 1 aliphatic heterocycles. The van der Waals surface area contributed by atoms with Crippen molar-refractivity contribution in [2.75, 3.05) is 30.0 Å². The van der Waals surface area contributed by atoms with Crippen molar-refractivity contribution >= 4 is 23.2 Å². The Bertz CT molecular complexity index is 604. The van der Waals surface area contributed by atoms with Crippen LogP contribution in [0.3, 0.4) is 0 Å². The molecule has 0 bridgehead atoms. The number of nitrogens with zero attached hydrogens (tertiary/aromatic N) is 1. The fraction of sp³-hybridized carbons (Fsp3) is 0.579. The Labute approximate surface area is 149 Å². The second-order valence-corrected chi connectivity index (χ2v) is 6.59. The Kier molecular flexibility index (Phi) is 7.25. The fourth-order valence-corrected chi connectivity index (χ4v) is 3.09. The molecule has 1 aromatic carbocycles. The van der Waals surface area contributed by atoms with E-state index < -0.39 is 5.91 Å². The average molecular weight is 347 g/mol. The number of rotatable bonds is 8. The first-order chi connectivity index (χ1) is 12.0. The molecular formula is C19H29N3O3. The smallest absolute Gasteiger partial charge is 0.250 e. The highest BCUT2D eigenvalue weighted by atomic mass is 16.5. The van der Waals surface area contributed by atoms with E-state index in [9.17, 15) is 9.59 Å². The first kappa shape index (κ1) is 19.2. The number of hydrogen-bond donors (Lipinski definition) is 2. The summed E-state index contributed by atoms with van der Waals surface area (Å²) >= 11 is 0. The molecule has 6 heteroatoms. The molecule has 1 aliphatic rings. The Morgan fingerprint density at radius 3 is 2.84 bits per heavy atom. The summed E-state index contributed by atoms with van der Waals surface area (Å²) in [7, 11) is 0. The fourth-order valence-electron chi connectivity index (χ4n) is 3.09. The zero-order chi connectivity index (χ0) is 18.2. The van der Waals surface area contributed by atoms with E-state index >= 15 is 0 Å². The van der Waals surface area contributed by atoms with Crippen LogP contribution in [0.4, 0.5) is 11.4 Å². The van der Waals surface area contributed by atoms with E-state index in [1.54, 1.807) is 12.1 Å². The number of hydrogen-bond acceptors (Lipinski definition) is 4. The molecule has 1 heterocycles. The number of unbranched alkanes of at least 4 members (excludes halogenated alkanes) is 1. The number of nitrogens with one attached hydrogen (secondary N) is 1. The number of carbonyl (C=O) groups is 2. The van der Waals surface area contributed by atoms with E-state index in [0.29, 0.717) is 23.9 Å². The van der Waals surface area contributed by atoms with Gasteiger partial charge in [-0.15, -0.1) is 0 Å². The van der Waals surface area contributed by atoms with Gasteiger partial charge in [-0.1, -0.05) is 13.3 Å². The lowest BCUT2D eigenvalue weighted by molar-refractivity contribution is -0.120. The van der Waals surface area contributed by atoms with Crippen LogP contribution in [-0.4, -0.2) is 37.6 Å². The van der Waals surface area contributed by atoms with Gasteiger partial charge in [0.05, 0.1) is 11.4 Å². The highest BCUT2D eigenvalue weighted by Crippen LogP contribution is 2.32. The van der Waals surface area contributed by atoms with Crippen LogP contribution in [-0.2, 0) is 9.53 Å². The SMILES string of the molecule is CCCCOCC(=O)Nc1cc(C(N)=O)ccc1N1CCCC[C@H]1C. The number of amides is 2. The van der Waals surface area contributed by atoms with Crippen LogP contribution in [0.25, 0.3) is 0 Å². The van der Waals surface area contributed by atoms with Gasteiger partial charge in [0.2, 0.25) is 11.8 Å². The number of piperidine rings is 1. The average Bonchev–Trinajstić information content (AvgIpc) is 2.59. The number of carbonyl (C=O) groups excluding carboxylic acids is 2. The molecule has 1 aromatic rings. The Hall–Kier alpha value is -2.08. The summed E-state index contributed by atoms with van der Waals surface area (Å²) in [5.74, 6) is -0.725. The van der Waals surface area contributed by atoms with Crippen LogP contribution >= 0.6 is 0 Å². The van der Waals surface area contributed by atoms with Crippen molar-refractivity contribution in [1.82, 2.24) is 0 Å². The van der Waals surface area contributed by atoms with Crippen LogP contribution in [0.2, 0.25) is 0 Å². The quantitative estimate of drug-likeness (QED) is 0.708. The molecule has 0 spiro atoms. The zero-order valence-corrected chi connectivity index (χ0v) is 15.2. The Balaban J connectivity index is 2.16. The standard InChI is InChI=1S/C19H29N3O3/c1-3-4-11-25-13-18(23)21-16-12-15(19(20)24)8-9-17(16)22-10-6-5-7-14(22)2/h8-9,12,14H,3-7,10-11,13H2,1-2H3,(H2,20,24)(H,21,23)/t14-/m1/s1. The van der Waals surface area contributed by atoms with Crippen molar-refractivity contribution in [3.8, 4) is 0 Å². The minimum atomic E-state index is -0.507. The van der Waals surface area contributed by atoms with Gasteiger partial charge < -0.3 is 20.7 Å². The van der Waals surface area contributed by atoms with Crippen molar-refractivity contribution in [2.24, 2.45) is 5.73 Å². The molecule has 1 fully saturated rings. The van der Waals surface area contributed by atoms with Gasteiger partial charge in [-0.3, -0.25) is 9.59 Å². The van der Waals surface area contributed by atoms with Gasteiger partial charge in [0, 0.05) is 24.8 Å². The predicted octanol–water partition coefficient (Wildman–Crippen LogP) is 2.92.